The van der Waals surface area contributed by atoms with Crippen molar-refractivity contribution < 1.29 is 14.4 Å². The van der Waals surface area contributed by atoms with Crippen LogP contribution in [0, 0.1) is 0 Å². The van der Waals surface area contributed by atoms with Gasteiger partial charge in [-0.1, -0.05) is 0 Å². The highest BCUT2D eigenvalue weighted by Gasteiger charge is 2.48. The zero-order valence-corrected chi connectivity index (χ0v) is 12.5. The van der Waals surface area contributed by atoms with Crippen LogP contribution >= 0.6 is 11.3 Å². The van der Waals surface area contributed by atoms with Crippen molar-refractivity contribution in [2.24, 2.45) is 0 Å². The van der Waals surface area contributed by atoms with Crippen LogP contribution in [0.5, 0.6) is 5.75 Å². The largest absolute Gasteiger partial charge is 0.403 e. The quantitative estimate of drug-likeness (QED) is 0.829. The van der Waals surface area contributed by atoms with Gasteiger partial charge in [0.1, 0.15) is 5.54 Å². The van der Waals surface area contributed by atoms with Crippen LogP contribution in [0.15, 0.2) is 5.38 Å². The molecule has 6 nitrogen and oxygen atoms in total. The summed E-state index contributed by atoms with van der Waals surface area (Å²) < 4.78 is 0. The molecule has 0 saturated carbocycles. The van der Waals surface area contributed by atoms with Gasteiger partial charge in [-0.05, 0) is 13.3 Å². The van der Waals surface area contributed by atoms with Crippen molar-refractivity contribution in [3.05, 3.63) is 10.9 Å². The summed E-state index contributed by atoms with van der Waals surface area (Å²) in [6, 6.07) is 0. The minimum absolute atomic E-state index is 0.213. The van der Waals surface area contributed by atoms with E-state index in [0.717, 1.165) is 16.3 Å². The van der Waals surface area contributed by atoms with Crippen molar-refractivity contribution in [2.45, 2.75) is 31.8 Å². The molecule has 0 aliphatic carbocycles. The Hall–Kier alpha value is -1.60. The molecule has 2 aliphatic rings. The summed E-state index contributed by atoms with van der Waals surface area (Å²) in [6.45, 7) is 2.38. The van der Waals surface area contributed by atoms with E-state index in [4.69, 9.17) is 4.84 Å². The van der Waals surface area contributed by atoms with E-state index < -0.39 is 5.54 Å². The first-order valence-electron chi connectivity index (χ1n) is 6.49. The number of hydrogen-bond acceptors (Lipinski definition) is 6. The number of thiophene rings is 1. The lowest BCUT2D eigenvalue weighted by atomic mass is 9.90. The van der Waals surface area contributed by atoms with Crippen molar-refractivity contribution in [3.63, 3.8) is 0 Å². The van der Waals surface area contributed by atoms with Gasteiger partial charge in [0, 0.05) is 31.5 Å². The van der Waals surface area contributed by atoms with Crippen LogP contribution in [0.1, 0.15) is 25.3 Å². The third-order valence-corrected chi connectivity index (χ3v) is 5.05. The van der Waals surface area contributed by atoms with Gasteiger partial charge in [0.05, 0.1) is 11.5 Å². The lowest BCUT2D eigenvalue weighted by Gasteiger charge is -2.37. The van der Waals surface area contributed by atoms with E-state index in [2.05, 4.69) is 5.32 Å². The zero-order valence-electron chi connectivity index (χ0n) is 11.7. The van der Waals surface area contributed by atoms with E-state index in [0.29, 0.717) is 19.4 Å². The van der Waals surface area contributed by atoms with Crippen LogP contribution in [0.25, 0.3) is 0 Å². The number of nitrogens with one attached hydrogen (secondary N) is 1. The Bertz CT molecular complexity index is 583. The Morgan fingerprint density at radius 3 is 2.85 bits per heavy atom. The van der Waals surface area contributed by atoms with Crippen LogP contribution in [0.2, 0.25) is 0 Å². The van der Waals surface area contributed by atoms with Gasteiger partial charge >= 0.3 is 0 Å². The summed E-state index contributed by atoms with van der Waals surface area (Å²) in [5, 5.41) is 7.19. The fourth-order valence-electron chi connectivity index (χ4n) is 2.56. The molecular formula is C13H17N3O3S. The third-order valence-electron chi connectivity index (χ3n) is 3.88. The molecule has 2 aliphatic heterocycles. The first-order chi connectivity index (χ1) is 9.41. The molecule has 2 amide bonds. The highest BCUT2D eigenvalue weighted by molar-refractivity contribution is 7.14. The minimum atomic E-state index is -0.797. The first kappa shape index (κ1) is 13.4. The Balaban J connectivity index is 1.84. The number of piperidine rings is 1. The average molecular weight is 295 g/mol. The third kappa shape index (κ3) is 1.89. The Labute approximate surface area is 121 Å². The number of hydroxylamine groups is 2. The van der Waals surface area contributed by atoms with Gasteiger partial charge in [0.25, 0.3) is 0 Å². The standard InChI is InChI=1S/C13H17N3O3S/c1-13(5-4-10(17)14-12(13)18)16-6-8-9(19-16)7-20-11(8)15(2)3/h7H,4-6H2,1-3H3,(H,14,17,18)/t13-/m0/s1. The topological polar surface area (TPSA) is 61.9 Å². The number of amides is 2. The van der Waals surface area contributed by atoms with Gasteiger partial charge in [0.2, 0.25) is 11.8 Å². The molecule has 7 heteroatoms. The van der Waals surface area contributed by atoms with Crippen LogP contribution in [0.4, 0.5) is 5.00 Å². The van der Waals surface area contributed by atoms with E-state index in [1.165, 1.54) is 0 Å². The predicted molar refractivity (Wildman–Crippen MR) is 75.6 cm³/mol. The van der Waals surface area contributed by atoms with Crippen molar-refractivity contribution in [1.29, 1.82) is 0 Å². The summed E-state index contributed by atoms with van der Waals surface area (Å²) in [4.78, 5) is 31.3. The van der Waals surface area contributed by atoms with Gasteiger partial charge in [-0.2, -0.15) is 0 Å². The number of carbonyl (C=O) groups excluding carboxylic acids is 2. The molecule has 3 heterocycles. The summed E-state index contributed by atoms with van der Waals surface area (Å²) in [7, 11) is 3.98. The van der Waals surface area contributed by atoms with Crippen LogP contribution in [-0.2, 0) is 16.1 Å². The maximum absolute atomic E-state index is 12.1. The summed E-state index contributed by atoms with van der Waals surface area (Å²) in [6.07, 6.45) is 0.818. The maximum atomic E-state index is 12.1. The molecule has 1 aromatic heterocycles. The van der Waals surface area contributed by atoms with Crippen molar-refractivity contribution >= 4 is 28.2 Å². The molecule has 1 saturated heterocycles. The first-order valence-corrected chi connectivity index (χ1v) is 7.37. The van der Waals surface area contributed by atoms with E-state index in [9.17, 15) is 9.59 Å². The summed E-state index contributed by atoms with van der Waals surface area (Å²) in [5.41, 5.74) is 0.305. The molecule has 0 bridgehead atoms. The van der Waals surface area contributed by atoms with E-state index in [-0.39, 0.29) is 11.8 Å². The zero-order chi connectivity index (χ0) is 14.5. The second-order valence-electron chi connectivity index (χ2n) is 5.56. The van der Waals surface area contributed by atoms with E-state index in [1.807, 2.05) is 31.3 Å². The SMILES string of the molecule is CN(C)c1scc2c1CN([C@@]1(C)CCC(=O)NC1=O)O2. The maximum Gasteiger partial charge on any atom is 0.250 e. The Morgan fingerprint density at radius 1 is 1.45 bits per heavy atom. The number of imide groups is 1. The average Bonchev–Trinajstić information content (AvgIpc) is 2.93. The number of anilines is 1. The number of hydrogen-bond donors (Lipinski definition) is 1. The molecule has 0 spiro atoms. The minimum Gasteiger partial charge on any atom is -0.403 e. The summed E-state index contributed by atoms with van der Waals surface area (Å²) >= 11 is 1.63. The van der Waals surface area contributed by atoms with Crippen LogP contribution in [0.3, 0.4) is 0 Å². The van der Waals surface area contributed by atoms with E-state index >= 15 is 0 Å². The smallest absolute Gasteiger partial charge is 0.250 e. The van der Waals surface area contributed by atoms with Crippen molar-refractivity contribution in [3.8, 4) is 5.75 Å². The molecule has 3 rings (SSSR count). The normalized spacial score (nSPS) is 26.1. The molecule has 1 N–H and O–H groups in total. The van der Waals surface area contributed by atoms with Gasteiger partial charge in [-0.15, -0.1) is 16.4 Å². The molecule has 0 radical (unpaired) electrons. The molecule has 0 aromatic carbocycles. The van der Waals surface area contributed by atoms with E-state index in [1.54, 1.807) is 16.4 Å². The second-order valence-corrected chi connectivity index (χ2v) is 6.42. The fraction of sp³-hybridized carbons (Fsp3) is 0.538. The van der Waals surface area contributed by atoms with Gasteiger partial charge in [-0.3, -0.25) is 14.9 Å². The van der Waals surface area contributed by atoms with Crippen molar-refractivity contribution in [1.82, 2.24) is 10.4 Å². The highest BCUT2D eigenvalue weighted by atomic mass is 32.1. The molecular weight excluding hydrogens is 278 g/mol. The Morgan fingerprint density at radius 2 is 2.20 bits per heavy atom. The number of nitrogens with zero attached hydrogens (tertiary/aromatic N) is 2. The summed E-state index contributed by atoms with van der Waals surface area (Å²) in [5.74, 6) is 0.313. The molecule has 108 valence electrons. The van der Waals surface area contributed by atoms with Gasteiger partial charge in [-0.25, -0.2) is 0 Å². The predicted octanol–water partition coefficient (Wildman–Crippen LogP) is 1.12. The molecule has 1 aromatic rings. The molecule has 0 unspecified atom stereocenters. The molecule has 1 fully saturated rings. The van der Waals surface area contributed by atoms with Crippen LogP contribution in [-0.4, -0.2) is 36.5 Å². The van der Waals surface area contributed by atoms with Crippen LogP contribution < -0.4 is 15.1 Å². The monoisotopic (exact) mass is 295 g/mol. The van der Waals surface area contributed by atoms with Gasteiger partial charge in [0.15, 0.2) is 5.75 Å². The lowest BCUT2D eigenvalue weighted by Crippen LogP contribution is -2.60. The second kappa shape index (κ2) is 4.46. The van der Waals surface area contributed by atoms with Gasteiger partial charge < -0.3 is 9.74 Å². The van der Waals surface area contributed by atoms with Crippen molar-refractivity contribution in [2.75, 3.05) is 19.0 Å². The lowest BCUT2D eigenvalue weighted by molar-refractivity contribution is -0.169. The number of carbonyl (C=O) groups is 2. The molecule has 20 heavy (non-hydrogen) atoms. The Kier molecular flexibility index (Phi) is 2.98. The fourth-order valence-corrected chi connectivity index (χ4v) is 3.48. The highest BCUT2D eigenvalue weighted by Crippen LogP contribution is 2.44. The molecule has 1 atom stereocenters. The number of rotatable bonds is 2. The number of fused-ring (bicyclic) bond motifs is 1.